The van der Waals surface area contributed by atoms with Crippen LogP contribution < -0.4 is 34.0 Å². The van der Waals surface area contributed by atoms with E-state index in [9.17, 15) is 19.2 Å². The summed E-state index contributed by atoms with van der Waals surface area (Å²) in [4.78, 5) is 47.6. The van der Waals surface area contributed by atoms with Crippen molar-refractivity contribution in [2.75, 3.05) is 6.54 Å². The Kier molecular flexibility index (Phi) is 4.16. The lowest BCUT2D eigenvalue weighted by Crippen LogP contribution is -2.15. The van der Waals surface area contributed by atoms with Crippen molar-refractivity contribution < 1.29 is 8.83 Å². The highest BCUT2D eigenvalue weighted by Crippen LogP contribution is 2.29. The Hall–Kier alpha value is -2.58. The lowest BCUT2D eigenvalue weighted by Gasteiger charge is -2.13. The minimum atomic E-state index is -0.864. The second kappa shape index (κ2) is 6.14. The fourth-order valence-electron chi connectivity index (χ4n) is 3.05. The number of hydrogen-bond acceptors (Lipinski definition) is 8. The average Bonchev–Trinajstić information content (AvgIpc) is 2.99. The van der Waals surface area contributed by atoms with Gasteiger partial charge in [-0.2, -0.15) is 0 Å². The van der Waals surface area contributed by atoms with E-state index < -0.39 is 28.5 Å². The Balaban J connectivity index is 2.25. The first-order valence-corrected chi connectivity index (χ1v) is 7.65. The molecule has 0 amide bonds. The maximum absolute atomic E-state index is 12.0. The van der Waals surface area contributed by atoms with Crippen molar-refractivity contribution in [3.05, 3.63) is 53.3 Å². The molecule has 1 atom stereocenters. The molecule has 3 aromatic rings. The lowest BCUT2D eigenvalue weighted by molar-refractivity contribution is 0.497. The molecule has 3 rings (SSSR count). The number of furan rings is 2. The van der Waals surface area contributed by atoms with Crippen molar-refractivity contribution in [2.24, 2.45) is 11.5 Å². The molecule has 2 aromatic heterocycles. The van der Waals surface area contributed by atoms with E-state index >= 15 is 0 Å². The van der Waals surface area contributed by atoms with Gasteiger partial charge in [0.1, 0.15) is 0 Å². The molecule has 0 saturated carbocycles. The number of nitrogens with two attached hydrogens (primary N) is 2. The van der Waals surface area contributed by atoms with Crippen molar-refractivity contribution in [3.63, 3.8) is 0 Å². The van der Waals surface area contributed by atoms with Crippen LogP contribution in [0.2, 0.25) is 0 Å². The predicted molar refractivity (Wildman–Crippen MR) is 87.9 cm³/mol. The van der Waals surface area contributed by atoms with Gasteiger partial charge in [0.05, 0.1) is 21.5 Å². The quantitative estimate of drug-likeness (QED) is 0.600. The summed E-state index contributed by atoms with van der Waals surface area (Å²) in [6.45, 7) is 0.563. The first-order valence-electron chi connectivity index (χ1n) is 7.65. The zero-order valence-corrected chi connectivity index (χ0v) is 12.8. The minimum Gasteiger partial charge on any atom is -0.386 e. The van der Waals surface area contributed by atoms with Crippen LogP contribution in [0.1, 0.15) is 37.3 Å². The first kappa shape index (κ1) is 16.3. The van der Waals surface area contributed by atoms with Gasteiger partial charge in [0.2, 0.25) is 0 Å². The largest absolute Gasteiger partial charge is 0.386 e. The van der Waals surface area contributed by atoms with Crippen LogP contribution in [0.25, 0.3) is 21.5 Å². The maximum Gasteiger partial charge on any atom is 0.347 e. The van der Waals surface area contributed by atoms with Gasteiger partial charge in [-0.05, 0) is 31.0 Å². The highest BCUT2D eigenvalue weighted by molar-refractivity contribution is 6.01. The van der Waals surface area contributed by atoms with Gasteiger partial charge >= 0.3 is 22.5 Å². The number of hydrogen-bond donors (Lipinski definition) is 2. The van der Waals surface area contributed by atoms with Gasteiger partial charge in [0, 0.05) is 6.04 Å². The van der Waals surface area contributed by atoms with E-state index in [1.54, 1.807) is 0 Å². The second-order valence-electron chi connectivity index (χ2n) is 5.73. The van der Waals surface area contributed by atoms with Gasteiger partial charge in [-0.1, -0.05) is 12.8 Å². The molecule has 0 bridgehead atoms. The fraction of sp³-hybridized carbons (Fsp3) is 0.375. The Morgan fingerprint density at radius 1 is 0.833 bits per heavy atom. The average molecular weight is 332 g/mol. The van der Waals surface area contributed by atoms with E-state index in [-0.39, 0.29) is 27.1 Å². The van der Waals surface area contributed by atoms with Gasteiger partial charge in [-0.25, -0.2) is 19.2 Å². The number of rotatable bonds is 6. The van der Waals surface area contributed by atoms with Gasteiger partial charge in [-0.15, -0.1) is 0 Å². The molecule has 0 spiro atoms. The molecule has 8 nitrogen and oxygen atoms in total. The summed E-state index contributed by atoms with van der Waals surface area (Å²) in [5, 5.41) is -0.205. The highest BCUT2D eigenvalue weighted by Gasteiger charge is 2.25. The van der Waals surface area contributed by atoms with E-state index in [1.165, 1.54) is 0 Å². The molecule has 0 aliphatic heterocycles. The van der Waals surface area contributed by atoms with Crippen LogP contribution in [-0.2, 0) is 0 Å². The maximum atomic E-state index is 12.0. The summed E-state index contributed by atoms with van der Waals surface area (Å²) in [5.74, 6) is 0. The molecule has 0 radical (unpaired) electrons. The van der Waals surface area contributed by atoms with Gasteiger partial charge in [0.25, 0.3) is 0 Å². The van der Waals surface area contributed by atoms with Crippen LogP contribution >= 0.6 is 0 Å². The van der Waals surface area contributed by atoms with Crippen molar-refractivity contribution >= 4 is 21.5 Å². The Morgan fingerprint density at radius 3 is 1.88 bits per heavy atom. The first-order chi connectivity index (χ1) is 11.5. The van der Waals surface area contributed by atoms with E-state index in [2.05, 4.69) is 8.83 Å². The third-order valence-electron chi connectivity index (χ3n) is 4.17. The molecule has 0 aliphatic rings. The molecule has 24 heavy (non-hydrogen) atoms. The van der Waals surface area contributed by atoms with Gasteiger partial charge in [0.15, 0.2) is 0 Å². The van der Waals surface area contributed by atoms with Crippen LogP contribution in [0.4, 0.5) is 0 Å². The topological polar surface area (TPSA) is 147 Å². The number of fused-ring (bicyclic) bond motifs is 2. The molecule has 2 heterocycles. The Labute approximate surface area is 134 Å². The third-order valence-corrected chi connectivity index (χ3v) is 4.17. The van der Waals surface area contributed by atoms with E-state index in [1.807, 2.05) is 0 Å². The van der Waals surface area contributed by atoms with Gasteiger partial charge in [-0.3, -0.25) is 0 Å². The molecule has 0 aliphatic carbocycles. The normalized spacial score (nSPS) is 13.1. The van der Waals surface area contributed by atoms with Crippen LogP contribution in [-0.4, -0.2) is 6.54 Å². The lowest BCUT2D eigenvalue weighted by atomic mass is 9.93. The van der Waals surface area contributed by atoms with Gasteiger partial charge < -0.3 is 20.3 Å². The molecule has 0 saturated heterocycles. The van der Waals surface area contributed by atoms with Crippen molar-refractivity contribution in [1.82, 2.24) is 0 Å². The molecule has 4 N–H and O–H groups in total. The highest BCUT2D eigenvalue weighted by atomic mass is 16.4. The summed E-state index contributed by atoms with van der Waals surface area (Å²) in [5.41, 5.74) is 8.32. The van der Waals surface area contributed by atoms with Crippen LogP contribution in [0.15, 0.2) is 34.1 Å². The third kappa shape index (κ3) is 2.49. The summed E-state index contributed by atoms with van der Waals surface area (Å²) in [6, 6.07) is 0.457. The zero-order valence-electron chi connectivity index (χ0n) is 12.8. The smallest absolute Gasteiger partial charge is 0.347 e. The molecule has 1 unspecified atom stereocenters. The van der Waals surface area contributed by atoms with Crippen molar-refractivity contribution in [1.29, 1.82) is 0 Å². The number of benzene rings is 1. The Morgan fingerprint density at radius 2 is 1.38 bits per heavy atom. The summed E-state index contributed by atoms with van der Waals surface area (Å²) >= 11 is 0. The standard InChI is InChI=1S/C16H16N2O6/c17-5-3-1-2-4-9(18)12-10-7(13(19)23-15(10)21)6-8-11(12)16(22)24-14(8)20/h6,9H,1-5,17-18H2. The monoisotopic (exact) mass is 332 g/mol. The van der Waals surface area contributed by atoms with Crippen LogP contribution in [0.3, 0.4) is 0 Å². The predicted octanol–water partition coefficient (Wildman–Crippen LogP) is 0.0143. The molecular weight excluding hydrogens is 316 g/mol. The molecule has 126 valence electrons. The number of unbranched alkanes of at least 4 members (excludes halogenated alkanes) is 2. The van der Waals surface area contributed by atoms with E-state index in [0.717, 1.165) is 25.3 Å². The van der Waals surface area contributed by atoms with Crippen molar-refractivity contribution in [2.45, 2.75) is 31.7 Å². The summed E-state index contributed by atoms with van der Waals surface area (Å²) < 4.78 is 9.20. The SMILES string of the molecule is NCCCCCC(N)c1c2c(=O)oc(=O)c2cc2c(=O)oc(=O)c12. The summed E-state index contributed by atoms with van der Waals surface area (Å²) in [7, 11) is 0. The van der Waals surface area contributed by atoms with Crippen molar-refractivity contribution in [3.8, 4) is 0 Å². The zero-order chi connectivity index (χ0) is 17.4. The molecule has 8 heteroatoms. The van der Waals surface area contributed by atoms with Crippen LogP contribution in [0.5, 0.6) is 0 Å². The molecule has 0 fully saturated rings. The summed E-state index contributed by atoms with van der Waals surface area (Å²) in [6.07, 6.45) is 2.86. The second-order valence-corrected chi connectivity index (χ2v) is 5.73. The van der Waals surface area contributed by atoms with Crippen LogP contribution in [0, 0.1) is 0 Å². The van der Waals surface area contributed by atoms with E-state index in [0.29, 0.717) is 13.0 Å². The Bertz CT molecular complexity index is 1020. The fourth-order valence-corrected chi connectivity index (χ4v) is 3.05. The molecular formula is C16H16N2O6. The van der Waals surface area contributed by atoms with E-state index in [4.69, 9.17) is 11.5 Å². The minimum absolute atomic E-state index is 0.0447. The molecule has 1 aromatic carbocycles.